The first-order valence-electron chi connectivity index (χ1n) is 5.48. The largest absolute Gasteiger partial charge is 0.327 e. The van der Waals surface area contributed by atoms with Gasteiger partial charge in [0.25, 0.3) is 0 Å². The molecule has 0 fully saturated rings. The van der Waals surface area contributed by atoms with Crippen molar-refractivity contribution >= 4 is 11.0 Å². The van der Waals surface area contributed by atoms with Gasteiger partial charge in [0.2, 0.25) is 0 Å². The van der Waals surface area contributed by atoms with Crippen LogP contribution < -0.4 is 0 Å². The van der Waals surface area contributed by atoms with Crippen molar-refractivity contribution in [2.45, 2.75) is 0 Å². The Morgan fingerprint density at radius 2 is 1.74 bits per heavy atom. The molecule has 96 valence electrons. The monoisotopic (exact) mass is 263 g/mol. The molecule has 0 bridgehead atoms. The Balaban J connectivity index is 2.28. The van der Waals surface area contributed by atoms with Crippen molar-refractivity contribution < 1.29 is 13.2 Å². The standard InChI is InChI=1S/C13H8F3N3/c1-19-12-4-10(16)9(15)3-11(12)18-13(19)7-2-8(14)6-17-5-7/h2-6H,1H3. The lowest BCUT2D eigenvalue weighted by Crippen LogP contribution is -1.94. The predicted molar refractivity (Wildman–Crippen MR) is 63.8 cm³/mol. The summed E-state index contributed by atoms with van der Waals surface area (Å²) in [6, 6.07) is 3.34. The second-order valence-electron chi connectivity index (χ2n) is 4.14. The maximum Gasteiger partial charge on any atom is 0.161 e. The molecule has 0 spiro atoms. The number of pyridine rings is 1. The molecule has 6 heteroatoms. The summed E-state index contributed by atoms with van der Waals surface area (Å²) in [7, 11) is 1.65. The highest BCUT2D eigenvalue weighted by Crippen LogP contribution is 2.25. The van der Waals surface area contributed by atoms with Crippen molar-refractivity contribution in [2.24, 2.45) is 7.05 Å². The molecule has 3 aromatic rings. The van der Waals surface area contributed by atoms with Gasteiger partial charge >= 0.3 is 0 Å². The van der Waals surface area contributed by atoms with Gasteiger partial charge in [-0.15, -0.1) is 0 Å². The van der Waals surface area contributed by atoms with E-state index < -0.39 is 17.5 Å². The molecular formula is C13H8F3N3. The highest BCUT2D eigenvalue weighted by atomic mass is 19.2. The summed E-state index contributed by atoms with van der Waals surface area (Å²) in [5, 5.41) is 0. The Morgan fingerprint density at radius 1 is 1.00 bits per heavy atom. The zero-order chi connectivity index (χ0) is 13.6. The summed E-state index contributed by atoms with van der Waals surface area (Å²) < 4.78 is 41.1. The van der Waals surface area contributed by atoms with E-state index in [-0.39, 0.29) is 0 Å². The van der Waals surface area contributed by atoms with Crippen LogP contribution in [0.5, 0.6) is 0 Å². The van der Waals surface area contributed by atoms with E-state index in [1.165, 1.54) is 12.3 Å². The van der Waals surface area contributed by atoms with Crippen LogP contribution >= 0.6 is 0 Å². The molecular weight excluding hydrogens is 255 g/mol. The fourth-order valence-corrected chi connectivity index (χ4v) is 1.98. The molecule has 0 unspecified atom stereocenters. The van der Waals surface area contributed by atoms with E-state index in [2.05, 4.69) is 9.97 Å². The van der Waals surface area contributed by atoms with E-state index in [1.807, 2.05) is 0 Å². The van der Waals surface area contributed by atoms with E-state index in [1.54, 1.807) is 11.6 Å². The van der Waals surface area contributed by atoms with Crippen LogP contribution in [0.3, 0.4) is 0 Å². The van der Waals surface area contributed by atoms with Gasteiger partial charge in [-0.05, 0) is 6.07 Å². The lowest BCUT2D eigenvalue weighted by molar-refractivity contribution is 0.510. The molecule has 1 aromatic carbocycles. The first kappa shape index (κ1) is 11.7. The molecule has 3 nitrogen and oxygen atoms in total. The first-order chi connectivity index (χ1) is 9.06. The Labute approximate surface area is 106 Å². The van der Waals surface area contributed by atoms with Gasteiger partial charge in [0.05, 0.1) is 17.2 Å². The minimum atomic E-state index is -0.963. The van der Waals surface area contributed by atoms with Gasteiger partial charge in [0.1, 0.15) is 11.6 Å². The van der Waals surface area contributed by atoms with Crippen molar-refractivity contribution in [3.05, 3.63) is 48.0 Å². The number of hydrogen-bond donors (Lipinski definition) is 0. The zero-order valence-electron chi connectivity index (χ0n) is 9.86. The summed E-state index contributed by atoms with van der Waals surface area (Å²) in [5.41, 5.74) is 1.18. The number of benzene rings is 1. The number of hydrogen-bond acceptors (Lipinski definition) is 2. The van der Waals surface area contributed by atoms with Crippen molar-refractivity contribution in [1.29, 1.82) is 0 Å². The highest BCUT2D eigenvalue weighted by Gasteiger charge is 2.14. The summed E-state index contributed by atoms with van der Waals surface area (Å²) in [5.74, 6) is -2.01. The number of aryl methyl sites for hydroxylation is 1. The number of nitrogens with zero attached hydrogens (tertiary/aromatic N) is 3. The van der Waals surface area contributed by atoms with Gasteiger partial charge in [0, 0.05) is 30.9 Å². The molecule has 0 saturated heterocycles. The second-order valence-corrected chi connectivity index (χ2v) is 4.14. The van der Waals surface area contributed by atoms with Crippen LogP contribution in [0.1, 0.15) is 0 Å². The Kier molecular flexibility index (Phi) is 2.51. The van der Waals surface area contributed by atoms with Crippen molar-refractivity contribution in [2.75, 3.05) is 0 Å². The molecule has 2 aromatic heterocycles. The zero-order valence-corrected chi connectivity index (χ0v) is 9.86. The van der Waals surface area contributed by atoms with Crippen LogP contribution in [0.25, 0.3) is 22.4 Å². The highest BCUT2D eigenvalue weighted by molar-refractivity contribution is 5.80. The van der Waals surface area contributed by atoms with Crippen molar-refractivity contribution in [3.63, 3.8) is 0 Å². The van der Waals surface area contributed by atoms with E-state index in [0.717, 1.165) is 18.3 Å². The third-order valence-electron chi connectivity index (χ3n) is 2.89. The maximum absolute atomic E-state index is 13.2. The summed E-state index contributed by atoms with van der Waals surface area (Å²) in [4.78, 5) is 7.91. The molecule has 0 atom stereocenters. The quantitative estimate of drug-likeness (QED) is 0.675. The molecule has 2 heterocycles. The van der Waals surface area contributed by atoms with Gasteiger partial charge in [-0.1, -0.05) is 0 Å². The number of imidazole rings is 1. The first-order valence-corrected chi connectivity index (χ1v) is 5.48. The van der Waals surface area contributed by atoms with Gasteiger partial charge in [0.15, 0.2) is 11.6 Å². The smallest absolute Gasteiger partial charge is 0.161 e. The van der Waals surface area contributed by atoms with Gasteiger partial charge in [-0.3, -0.25) is 4.98 Å². The number of rotatable bonds is 1. The molecule has 0 N–H and O–H groups in total. The average molecular weight is 263 g/mol. The topological polar surface area (TPSA) is 30.7 Å². The molecule has 0 radical (unpaired) electrons. The minimum absolute atomic E-state index is 0.306. The molecule has 0 saturated carbocycles. The Bertz CT molecular complexity index is 780. The third-order valence-corrected chi connectivity index (χ3v) is 2.89. The normalized spacial score (nSPS) is 11.2. The van der Waals surface area contributed by atoms with Crippen molar-refractivity contribution in [3.8, 4) is 11.4 Å². The molecule has 0 aliphatic heterocycles. The summed E-state index contributed by atoms with van der Waals surface area (Å²) in [6.07, 6.45) is 2.52. The lowest BCUT2D eigenvalue weighted by Gasteiger charge is -2.02. The number of aromatic nitrogens is 3. The van der Waals surface area contributed by atoms with Crippen LogP contribution in [0.2, 0.25) is 0 Å². The van der Waals surface area contributed by atoms with Crippen LogP contribution in [0.4, 0.5) is 13.2 Å². The van der Waals surface area contributed by atoms with E-state index in [4.69, 9.17) is 0 Å². The Hall–Kier alpha value is -2.37. The van der Waals surface area contributed by atoms with E-state index >= 15 is 0 Å². The van der Waals surface area contributed by atoms with Gasteiger partial charge < -0.3 is 4.57 Å². The summed E-state index contributed by atoms with van der Waals surface area (Å²) >= 11 is 0. The minimum Gasteiger partial charge on any atom is -0.327 e. The van der Waals surface area contributed by atoms with Crippen LogP contribution in [0.15, 0.2) is 30.6 Å². The molecule has 0 aliphatic carbocycles. The molecule has 0 aliphatic rings. The third kappa shape index (κ3) is 1.85. The van der Waals surface area contributed by atoms with E-state index in [9.17, 15) is 13.2 Å². The van der Waals surface area contributed by atoms with Crippen LogP contribution in [-0.2, 0) is 7.05 Å². The summed E-state index contributed by atoms with van der Waals surface area (Å²) in [6.45, 7) is 0. The lowest BCUT2D eigenvalue weighted by atomic mass is 10.2. The van der Waals surface area contributed by atoms with Crippen molar-refractivity contribution in [1.82, 2.24) is 14.5 Å². The second kappa shape index (κ2) is 4.08. The fourth-order valence-electron chi connectivity index (χ4n) is 1.98. The Morgan fingerprint density at radius 3 is 2.47 bits per heavy atom. The van der Waals surface area contributed by atoms with Gasteiger partial charge in [-0.2, -0.15) is 0 Å². The predicted octanol–water partition coefficient (Wildman–Crippen LogP) is 3.05. The van der Waals surface area contributed by atoms with Crippen LogP contribution in [0, 0.1) is 17.5 Å². The molecule has 0 amide bonds. The molecule has 3 rings (SSSR count). The number of halogens is 3. The number of fused-ring (bicyclic) bond motifs is 1. The maximum atomic E-state index is 13.2. The fraction of sp³-hybridized carbons (Fsp3) is 0.0769. The van der Waals surface area contributed by atoms with Gasteiger partial charge in [-0.25, -0.2) is 18.2 Å². The molecule has 19 heavy (non-hydrogen) atoms. The van der Waals surface area contributed by atoms with Crippen LogP contribution in [-0.4, -0.2) is 14.5 Å². The average Bonchev–Trinajstić information content (AvgIpc) is 2.68. The van der Waals surface area contributed by atoms with E-state index in [0.29, 0.717) is 22.4 Å². The SMILES string of the molecule is Cn1c(-c2cncc(F)c2)nc2cc(F)c(F)cc21.